The van der Waals surface area contributed by atoms with Gasteiger partial charge in [-0.1, -0.05) is 25.1 Å². The molecule has 2 rings (SSSR count). The van der Waals surface area contributed by atoms with Crippen LogP contribution in [0.25, 0.3) is 0 Å². The van der Waals surface area contributed by atoms with Gasteiger partial charge in [-0.2, -0.15) is 0 Å². The Morgan fingerprint density at radius 2 is 1.86 bits per heavy atom. The van der Waals surface area contributed by atoms with Gasteiger partial charge in [0, 0.05) is 18.7 Å². The Morgan fingerprint density at radius 1 is 1.19 bits per heavy atom. The molecule has 0 spiro atoms. The molecule has 2 amide bonds. The van der Waals surface area contributed by atoms with Crippen molar-refractivity contribution in [1.29, 1.82) is 0 Å². The fraction of sp³-hybridized carbons (Fsp3) is 0.500. The van der Waals surface area contributed by atoms with Crippen LogP contribution in [0.3, 0.4) is 0 Å². The lowest BCUT2D eigenvalue weighted by molar-refractivity contribution is -0.127. The van der Waals surface area contributed by atoms with Gasteiger partial charge in [0.1, 0.15) is 5.75 Å². The lowest BCUT2D eigenvalue weighted by Crippen LogP contribution is -2.30. The number of amides is 2. The standard InChI is InChI=1S/C16H22N2O3/c1-3-8-17-15(19)12-9-13(12)16(20)18-10-11-6-4-5-7-14(11)21-2/h4-7,12-13H,3,8-10H2,1-2H3,(H,17,19)(H,18,20). The molecule has 1 aliphatic rings. The summed E-state index contributed by atoms with van der Waals surface area (Å²) in [4.78, 5) is 23.8. The van der Waals surface area contributed by atoms with Crippen LogP contribution in [-0.4, -0.2) is 25.5 Å². The molecule has 0 aliphatic heterocycles. The Balaban J connectivity index is 1.80. The highest BCUT2D eigenvalue weighted by molar-refractivity contribution is 5.92. The molecule has 0 saturated heterocycles. The number of carbonyl (C=O) groups excluding carboxylic acids is 2. The fourth-order valence-electron chi connectivity index (χ4n) is 2.32. The molecular weight excluding hydrogens is 268 g/mol. The number of ether oxygens (including phenoxy) is 1. The molecule has 2 N–H and O–H groups in total. The van der Waals surface area contributed by atoms with E-state index in [-0.39, 0.29) is 23.7 Å². The molecule has 1 aliphatic carbocycles. The van der Waals surface area contributed by atoms with Gasteiger partial charge >= 0.3 is 0 Å². The molecule has 1 aromatic rings. The van der Waals surface area contributed by atoms with Gasteiger partial charge < -0.3 is 15.4 Å². The van der Waals surface area contributed by atoms with Crippen LogP contribution in [0.2, 0.25) is 0 Å². The van der Waals surface area contributed by atoms with Gasteiger partial charge in [-0.15, -0.1) is 0 Å². The lowest BCUT2D eigenvalue weighted by Gasteiger charge is -2.09. The third-order valence-electron chi connectivity index (χ3n) is 3.66. The van der Waals surface area contributed by atoms with E-state index < -0.39 is 0 Å². The van der Waals surface area contributed by atoms with E-state index in [4.69, 9.17) is 4.74 Å². The Kier molecular flexibility index (Phi) is 5.20. The van der Waals surface area contributed by atoms with Crippen molar-refractivity contribution >= 4 is 11.8 Å². The number of nitrogens with one attached hydrogen (secondary N) is 2. The molecular formula is C16H22N2O3. The molecule has 1 fully saturated rings. The zero-order chi connectivity index (χ0) is 15.2. The normalized spacial score (nSPS) is 19.7. The van der Waals surface area contributed by atoms with Crippen LogP contribution < -0.4 is 15.4 Å². The minimum Gasteiger partial charge on any atom is -0.496 e. The second-order valence-corrected chi connectivity index (χ2v) is 5.27. The summed E-state index contributed by atoms with van der Waals surface area (Å²) < 4.78 is 5.24. The van der Waals surface area contributed by atoms with Crippen LogP contribution >= 0.6 is 0 Å². The van der Waals surface area contributed by atoms with E-state index in [1.165, 1.54) is 0 Å². The average molecular weight is 290 g/mol. The molecule has 2 atom stereocenters. The van der Waals surface area contributed by atoms with Crippen LogP contribution in [0, 0.1) is 11.8 Å². The summed E-state index contributed by atoms with van der Waals surface area (Å²) in [5.74, 6) is 0.350. The van der Waals surface area contributed by atoms with E-state index in [0.717, 1.165) is 17.7 Å². The average Bonchev–Trinajstić information content (AvgIpc) is 3.31. The SMILES string of the molecule is CCCNC(=O)C1CC1C(=O)NCc1ccccc1OC. The first-order valence-electron chi connectivity index (χ1n) is 7.34. The van der Waals surface area contributed by atoms with Crippen LogP contribution in [0.5, 0.6) is 5.75 Å². The van der Waals surface area contributed by atoms with Gasteiger partial charge in [-0.05, 0) is 18.9 Å². The smallest absolute Gasteiger partial charge is 0.224 e. The molecule has 1 aromatic carbocycles. The lowest BCUT2D eigenvalue weighted by atomic mass is 10.2. The van der Waals surface area contributed by atoms with E-state index in [1.54, 1.807) is 7.11 Å². The van der Waals surface area contributed by atoms with E-state index >= 15 is 0 Å². The molecule has 21 heavy (non-hydrogen) atoms. The number of rotatable bonds is 7. The molecule has 0 aromatic heterocycles. The molecule has 5 nitrogen and oxygen atoms in total. The van der Waals surface area contributed by atoms with Crippen molar-refractivity contribution in [2.24, 2.45) is 11.8 Å². The van der Waals surface area contributed by atoms with E-state index in [2.05, 4.69) is 10.6 Å². The highest BCUT2D eigenvalue weighted by atomic mass is 16.5. The minimum atomic E-state index is -0.184. The number of benzene rings is 1. The molecule has 0 radical (unpaired) electrons. The highest BCUT2D eigenvalue weighted by Crippen LogP contribution is 2.38. The van der Waals surface area contributed by atoms with Crippen molar-refractivity contribution in [1.82, 2.24) is 10.6 Å². The maximum atomic E-state index is 12.0. The summed E-state index contributed by atoms with van der Waals surface area (Å²) in [6.07, 6.45) is 1.55. The molecule has 5 heteroatoms. The topological polar surface area (TPSA) is 67.4 Å². The van der Waals surface area contributed by atoms with Gasteiger partial charge in [0.15, 0.2) is 0 Å². The summed E-state index contributed by atoms with van der Waals surface area (Å²) in [6.45, 7) is 3.10. The summed E-state index contributed by atoms with van der Waals surface area (Å²) in [5.41, 5.74) is 0.931. The third-order valence-corrected chi connectivity index (χ3v) is 3.66. The van der Waals surface area contributed by atoms with E-state index in [1.807, 2.05) is 31.2 Å². The zero-order valence-corrected chi connectivity index (χ0v) is 12.5. The summed E-state index contributed by atoms with van der Waals surface area (Å²) >= 11 is 0. The van der Waals surface area contributed by atoms with Gasteiger partial charge in [0.25, 0.3) is 0 Å². The summed E-state index contributed by atoms with van der Waals surface area (Å²) in [6, 6.07) is 7.57. The van der Waals surface area contributed by atoms with E-state index in [9.17, 15) is 9.59 Å². The Bertz CT molecular complexity index is 516. The number of carbonyl (C=O) groups is 2. The first-order chi connectivity index (χ1) is 10.2. The first kappa shape index (κ1) is 15.4. The number of hydrogen-bond donors (Lipinski definition) is 2. The summed E-state index contributed by atoms with van der Waals surface area (Å²) in [7, 11) is 1.61. The highest BCUT2D eigenvalue weighted by Gasteiger charge is 2.47. The van der Waals surface area contributed by atoms with Gasteiger partial charge in [-0.25, -0.2) is 0 Å². The molecule has 0 bridgehead atoms. The zero-order valence-electron chi connectivity index (χ0n) is 12.5. The molecule has 114 valence electrons. The maximum absolute atomic E-state index is 12.0. The van der Waals surface area contributed by atoms with Crippen molar-refractivity contribution in [2.75, 3.05) is 13.7 Å². The number of para-hydroxylation sites is 1. The number of hydrogen-bond acceptors (Lipinski definition) is 3. The van der Waals surface area contributed by atoms with Gasteiger partial charge in [0.2, 0.25) is 11.8 Å². The van der Waals surface area contributed by atoms with E-state index in [0.29, 0.717) is 19.5 Å². The van der Waals surface area contributed by atoms with Crippen molar-refractivity contribution in [3.63, 3.8) is 0 Å². The van der Waals surface area contributed by atoms with Crippen molar-refractivity contribution in [2.45, 2.75) is 26.3 Å². The molecule has 0 heterocycles. The molecule has 1 saturated carbocycles. The van der Waals surface area contributed by atoms with Crippen molar-refractivity contribution < 1.29 is 14.3 Å². The predicted molar refractivity (Wildman–Crippen MR) is 79.7 cm³/mol. The van der Waals surface area contributed by atoms with Crippen LogP contribution in [-0.2, 0) is 16.1 Å². The second kappa shape index (κ2) is 7.11. The van der Waals surface area contributed by atoms with Gasteiger partial charge in [-0.3, -0.25) is 9.59 Å². The monoisotopic (exact) mass is 290 g/mol. The quantitative estimate of drug-likeness (QED) is 0.799. The maximum Gasteiger partial charge on any atom is 0.224 e. The first-order valence-corrected chi connectivity index (χ1v) is 7.34. The minimum absolute atomic E-state index is 0.00529. The largest absolute Gasteiger partial charge is 0.496 e. The Hall–Kier alpha value is -2.04. The fourth-order valence-corrected chi connectivity index (χ4v) is 2.32. The van der Waals surface area contributed by atoms with Crippen LogP contribution in [0.1, 0.15) is 25.3 Å². The molecule has 2 unspecified atom stereocenters. The van der Waals surface area contributed by atoms with Crippen molar-refractivity contribution in [3.8, 4) is 5.75 Å². The Labute approximate surface area is 125 Å². The van der Waals surface area contributed by atoms with Crippen LogP contribution in [0.15, 0.2) is 24.3 Å². The number of methoxy groups -OCH3 is 1. The van der Waals surface area contributed by atoms with Crippen molar-refractivity contribution in [3.05, 3.63) is 29.8 Å². The second-order valence-electron chi connectivity index (χ2n) is 5.27. The predicted octanol–water partition coefficient (Wildman–Crippen LogP) is 1.47. The van der Waals surface area contributed by atoms with Gasteiger partial charge in [0.05, 0.1) is 18.9 Å². The summed E-state index contributed by atoms with van der Waals surface area (Å²) in [5, 5.41) is 5.71. The van der Waals surface area contributed by atoms with Crippen LogP contribution in [0.4, 0.5) is 0 Å². The third kappa shape index (κ3) is 3.97. The Morgan fingerprint density at radius 3 is 2.52 bits per heavy atom.